The summed E-state index contributed by atoms with van der Waals surface area (Å²) < 4.78 is 1.72. The maximum atomic E-state index is 5.58. The van der Waals surface area contributed by atoms with E-state index in [1.807, 2.05) is 30.5 Å². The van der Waals surface area contributed by atoms with Crippen LogP contribution in [0.1, 0.15) is 32.1 Å². The molecule has 0 amide bonds. The Kier molecular flexibility index (Phi) is 5.43. The fourth-order valence-electron chi connectivity index (χ4n) is 3.68. The third-order valence-electron chi connectivity index (χ3n) is 5.23. The molecule has 28 heavy (non-hydrogen) atoms. The second-order valence-electron chi connectivity index (χ2n) is 7.06. The number of hydrogen-bond acceptors (Lipinski definition) is 6. The summed E-state index contributed by atoms with van der Waals surface area (Å²) in [5.74, 6) is 0.254. The first-order chi connectivity index (χ1) is 13.7. The van der Waals surface area contributed by atoms with Crippen LogP contribution in [0.25, 0.3) is 27.7 Å². The van der Waals surface area contributed by atoms with Gasteiger partial charge in [-0.05, 0) is 43.7 Å². The minimum absolute atomic E-state index is 0.254. The molecule has 1 aliphatic rings. The molecule has 3 heterocycles. The van der Waals surface area contributed by atoms with Crippen LogP contribution in [0.4, 0.5) is 5.95 Å². The molecule has 7 heteroatoms. The lowest BCUT2D eigenvalue weighted by Crippen LogP contribution is -2.26. The van der Waals surface area contributed by atoms with Crippen molar-refractivity contribution in [3.05, 3.63) is 49.1 Å². The van der Waals surface area contributed by atoms with Crippen LogP contribution in [-0.2, 0) is 0 Å². The predicted octanol–water partition coefficient (Wildman–Crippen LogP) is 3.46. The van der Waals surface area contributed by atoms with Gasteiger partial charge in [-0.25, -0.2) is 9.50 Å². The Balaban J connectivity index is 0.000000203. The van der Waals surface area contributed by atoms with E-state index < -0.39 is 0 Å². The van der Waals surface area contributed by atoms with Crippen LogP contribution in [0, 0.1) is 0 Å². The molecule has 1 saturated carbocycles. The van der Waals surface area contributed by atoms with Crippen LogP contribution in [0.2, 0.25) is 0 Å². The standard InChI is InChI=1S/C14H10N6.C7H15N/c15-14-18-8-13-10(3-6-20(13)19-14)9-1-2-11-12(7-9)17-5-4-16-11;1-8-7-5-3-2-4-6-7/h1-8H,(H2,15,19);7-8H,2-6H2,1H3. The lowest BCUT2D eigenvalue weighted by molar-refractivity contribution is 0.394. The third-order valence-corrected chi connectivity index (χ3v) is 5.23. The first-order valence-electron chi connectivity index (χ1n) is 9.73. The smallest absolute Gasteiger partial charge is 0.238 e. The highest BCUT2D eigenvalue weighted by molar-refractivity contribution is 5.86. The second kappa shape index (κ2) is 8.31. The van der Waals surface area contributed by atoms with Crippen LogP contribution in [0.15, 0.2) is 49.1 Å². The van der Waals surface area contributed by atoms with Crippen LogP contribution >= 0.6 is 0 Å². The number of anilines is 1. The highest BCUT2D eigenvalue weighted by Crippen LogP contribution is 2.27. The third kappa shape index (κ3) is 3.94. The monoisotopic (exact) mass is 375 g/mol. The van der Waals surface area contributed by atoms with Gasteiger partial charge in [0.25, 0.3) is 0 Å². The van der Waals surface area contributed by atoms with Gasteiger partial charge in [-0.2, -0.15) is 0 Å². The molecule has 0 spiro atoms. The summed E-state index contributed by atoms with van der Waals surface area (Å²) in [4.78, 5) is 12.6. The van der Waals surface area contributed by atoms with Crippen molar-refractivity contribution in [3.63, 3.8) is 0 Å². The normalized spacial score (nSPS) is 14.8. The minimum Gasteiger partial charge on any atom is -0.367 e. The zero-order chi connectivity index (χ0) is 19.3. The van der Waals surface area contributed by atoms with E-state index in [-0.39, 0.29) is 5.95 Å². The van der Waals surface area contributed by atoms with Crippen molar-refractivity contribution in [2.45, 2.75) is 38.1 Å². The van der Waals surface area contributed by atoms with Gasteiger partial charge in [0, 0.05) is 30.2 Å². The molecule has 1 aliphatic carbocycles. The molecule has 4 aromatic rings. The molecule has 0 bridgehead atoms. The fraction of sp³-hybridized carbons (Fsp3) is 0.333. The van der Waals surface area contributed by atoms with Crippen molar-refractivity contribution in [1.82, 2.24) is 29.9 Å². The molecule has 5 rings (SSSR count). The summed E-state index contributed by atoms with van der Waals surface area (Å²) in [5.41, 5.74) is 10.3. The van der Waals surface area contributed by atoms with E-state index in [1.54, 1.807) is 23.1 Å². The molecule has 3 aromatic heterocycles. The molecule has 0 aliphatic heterocycles. The molecule has 7 nitrogen and oxygen atoms in total. The van der Waals surface area contributed by atoms with Gasteiger partial charge in [0.15, 0.2) is 0 Å². The summed E-state index contributed by atoms with van der Waals surface area (Å²) >= 11 is 0. The minimum atomic E-state index is 0.254. The molecular weight excluding hydrogens is 350 g/mol. The molecule has 0 atom stereocenters. The number of nitrogens with two attached hydrogens (primary N) is 1. The molecule has 0 radical (unpaired) electrons. The van der Waals surface area contributed by atoms with Crippen LogP contribution in [0.3, 0.4) is 0 Å². The van der Waals surface area contributed by atoms with Gasteiger partial charge in [0.05, 0.1) is 22.7 Å². The SMILES string of the molecule is CNC1CCCCC1.Nc1ncc2c(-c3ccc4nccnc4c3)ccn2n1. The molecule has 3 N–H and O–H groups in total. The van der Waals surface area contributed by atoms with E-state index in [2.05, 4.69) is 32.4 Å². The molecular formula is C21H25N7. The maximum absolute atomic E-state index is 5.58. The number of rotatable bonds is 2. The zero-order valence-electron chi connectivity index (χ0n) is 16.0. The summed E-state index contributed by atoms with van der Waals surface area (Å²) in [6.45, 7) is 0. The van der Waals surface area contributed by atoms with Gasteiger partial charge < -0.3 is 11.1 Å². The fourth-order valence-corrected chi connectivity index (χ4v) is 3.68. The molecule has 144 valence electrons. The first kappa shape index (κ1) is 18.3. The van der Waals surface area contributed by atoms with E-state index >= 15 is 0 Å². The Morgan fingerprint density at radius 2 is 1.79 bits per heavy atom. The van der Waals surface area contributed by atoms with Gasteiger partial charge in [-0.15, -0.1) is 5.10 Å². The van der Waals surface area contributed by atoms with Gasteiger partial charge in [-0.1, -0.05) is 25.3 Å². The van der Waals surface area contributed by atoms with Crippen molar-refractivity contribution in [2.24, 2.45) is 0 Å². The average Bonchev–Trinajstić information content (AvgIpc) is 3.17. The second-order valence-corrected chi connectivity index (χ2v) is 7.06. The van der Waals surface area contributed by atoms with Gasteiger partial charge in [-0.3, -0.25) is 9.97 Å². The molecule has 0 unspecified atom stereocenters. The Morgan fingerprint density at radius 3 is 2.54 bits per heavy atom. The number of nitrogens with one attached hydrogen (secondary N) is 1. The number of aromatic nitrogens is 5. The van der Waals surface area contributed by atoms with Crippen LogP contribution in [-0.4, -0.2) is 37.7 Å². The Hall–Kier alpha value is -3.06. The number of nitrogen functional groups attached to an aromatic ring is 1. The molecule has 1 aromatic carbocycles. The predicted molar refractivity (Wildman–Crippen MR) is 112 cm³/mol. The highest BCUT2D eigenvalue weighted by Gasteiger charge is 2.09. The van der Waals surface area contributed by atoms with Crippen LogP contribution in [0.5, 0.6) is 0 Å². The van der Waals surface area contributed by atoms with Crippen molar-refractivity contribution in [3.8, 4) is 11.1 Å². The number of hydrogen-bond donors (Lipinski definition) is 2. The summed E-state index contributed by atoms with van der Waals surface area (Å²) in [7, 11) is 2.07. The van der Waals surface area contributed by atoms with E-state index in [9.17, 15) is 0 Å². The van der Waals surface area contributed by atoms with Gasteiger partial charge in [0.1, 0.15) is 0 Å². The highest BCUT2D eigenvalue weighted by atomic mass is 15.3. The van der Waals surface area contributed by atoms with Gasteiger partial charge >= 0.3 is 0 Å². The van der Waals surface area contributed by atoms with E-state index in [1.165, 1.54) is 32.1 Å². The topological polar surface area (TPSA) is 94.0 Å². The molecule has 1 fully saturated rings. The van der Waals surface area contributed by atoms with Crippen molar-refractivity contribution in [1.29, 1.82) is 0 Å². The maximum Gasteiger partial charge on any atom is 0.238 e. The van der Waals surface area contributed by atoms with E-state index in [0.29, 0.717) is 0 Å². The van der Waals surface area contributed by atoms with Gasteiger partial charge in [0.2, 0.25) is 5.95 Å². The van der Waals surface area contributed by atoms with E-state index in [0.717, 1.165) is 33.7 Å². The summed E-state index contributed by atoms with van der Waals surface area (Å²) in [5, 5.41) is 7.44. The summed E-state index contributed by atoms with van der Waals surface area (Å²) in [6, 6.07) is 8.81. The zero-order valence-corrected chi connectivity index (χ0v) is 16.0. The number of nitrogens with zero attached hydrogens (tertiary/aromatic N) is 5. The molecule has 0 saturated heterocycles. The van der Waals surface area contributed by atoms with Crippen molar-refractivity contribution in [2.75, 3.05) is 12.8 Å². The van der Waals surface area contributed by atoms with E-state index in [4.69, 9.17) is 5.73 Å². The van der Waals surface area contributed by atoms with Crippen LogP contribution < -0.4 is 11.1 Å². The van der Waals surface area contributed by atoms with Crippen molar-refractivity contribution >= 4 is 22.5 Å². The number of benzene rings is 1. The summed E-state index contributed by atoms with van der Waals surface area (Å²) in [6.07, 6.45) is 14.1. The van der Waals surface area contributed by atoms with Crippen molar-refractivity contribution < 1.29 is 0 Å². The quantitative estimate of drug-likeness (QED) is 0.557. The number of fused-ring (bicyclic) bond motifs is 2. The Labute approximate surface area is 164 Å². The Bertz CT molecular complexity index is 1070. The lowest BCUT2D eigenvalue weighted by atomic mass is 9.96. The first-order valence-corrected chi connectivity index (χ1v) is 9.73. The lowest BCUT2D eigenvalue weighted by Gasteiger charge is -2.20. The average molecular weight is 375 g/mol. The largest absolute Gasteiger partial charge is 0.367 e. The Morgan fingerprint density at radius 1 is 1.00 bits per heavy atom.